The zero-order valence-electron chi connectivity index (χ0n) is 13.9. The number of carboxylic acids is 1. The molecule has 3 heterocycles. The maximum atomic E-state index is 12.3. The molecule has 2 fully saturated rings. The summed E-state index contributed by atoms with van der Waals surface area (Å²) < 4.78 is 0. The van der Waals surface area contributed by atoms with Gasteiger partial charge in [0.2, 0.25) is 5.91 Å². The first-order valence-corrected chi connectivity index (χ1v) is 8.27. The Morgan fingerprint density at radius 1 is 1.50 bits per heavy atom. The Labute approximate surface area is 140 Å². The Morgan fingerprint density at radius 3 is 2.67 bits per heavy atom. The number of carbonyl (C=O) groups excluding carboxylic acids is 1. The summed E-state index contributed by atoms with van der Waals surface area (Å²) in [5.74, 6) is -1.87. The molecule has 0 saturated carbocycles. The van der Waals surface area contributed by atoms with Crippen molar-refractivity contribution < 1.29 is 19.8 Å². The average Bonchev–Trinajstić information content (AvgIpc) is 3.03. The quantitative estimate of drug-likeness (QED) is 0.302. The van der Waals surface area contributed by atoms with Gasteiger partial charge in [0.1, 0.15) is 5.70 Å². The standard InChI is InChI=1S/C16H24N4O4/c1-7-10(6-19-4-3-9(5-19)14(17)18)13(16(23)24)20-12(7)11(8(2)21)15(20)22/h7-9,11-12,21H,3-6H2,1-2H3,(H3,17,18)(H,23,24)/t7?,8?,9-,11?,12?/m0/s1. The largest absolute Gasteiger partial charge is 0.477 e. The van der Waals surface area contributed by atoms with Gasteiger partial charge < -0.3 is 20.8 Å². The summed E-state index contributed by atoms with van der Waals surface area (Å²) in [6.07, 6.45) is 0.00590. The van der Waals surface area contributed by atoms with Crippen LogP contribution in [0.15, 0.2) is 11.3 Å². The number of fused-ring (bicyclic) bond motifs is 1. The van der Waals surface area contributed by atoms with Crippen molar-refractivity contribution in [1.29, 1.82) is 5.41 Å². The number of nitrogens with one attached hydrogen (secondary N) is 1. The molecule has 0 aliphatic carbocycles. The number of hydrogen-bond donors (Lipinski definition) is 4. The van der Waals surface area contributed by atoms with E-state index in [1.165, 1.54) is 4.90 Å². The number of amidine groups is 1. The molecule has 0 bridgehead atoms. The van der Waals surface area contributed by atoms with Gasteiger partial charge in [-0.3, -0.25) is 15.1 Å². The molecule has 3 aliphatic rings. The van der Waals surface area contributed by atoms with Gasteiger partial charge in [-0.25, -0.2) is 4.79 Å². The van der Waals surface area contributed by atoms with Crippen molar-refractivity contribution in [2.75, 3.05) is 19.6 Å². The van der Waals surface area contributed by atoms with Crippen LogP contribution in [-0.4, -0.2) is 69.5 Å². The van der Waals surface area contributed by atoms with E-state index in [1.807, 2.05) is 6.92 Å². The molecule has 1 amide bonds. The lowest BCUT2D eigenvalue weighted by Crippen LogP contribution is -2.63. The molecule has 0 spiro atoms. The number of aliphatic hydroxyl groups is 1. The minimum atomic E-state index is -1.10. The topological polar surface area (TPSA) is 131 Å². The van der Waals surface area contributed by atoms with E-state index < -0.39 is 18.0 Å². The first-order chi connectivity index (χ1) is 11.2. The Bertz CT molecular complexity index is 630. The van der Waals surface area contributed by atoms with Gasteiger partial charge >= 0.3 is 5.97 Å². The third kappa shape index (κ3) is 2.41. The molecule has 0 radical (unpaired) electrons. The number of likely N-dealkylation sites (tertiary alicyclic amines) is 1. The molecular formula is C16H24N4O4. The molecule has 3 rings (SSSR count). The summed E-state index contributed by atoms with van der Waals surface area (Å²) in [7, 11) is 0. The van der Waals surface area contributed by atoms with E-state index in [9.17, 15) is 19.8 Å². The molecule has 3 aliphatic heterocycles. The van der Waals surface area contributed by atoms with Gasteiger partial charge in [0.05, 0.1) is 23.9 Å². The van der Waals surface area contributed by atoms with Crippen molar-refractivity contribution in [1.82, 2.24) is 9.80 Å². The van der Waals surface area contributed by atoms with Crippen molar-refractivity contribution >= 4 is 17.7 Å². The molecule has 2 saturated heterocycles. The molecule has 0 aromatic heterocycles. The van der Waals surface area contributed by atoms with Gasteiger partial charge in [-0.15, -0.1) is 0 Å². The lowest BCUT2D eigenvalue weighted by molar-refractivity contribution is -0.163. The number of hydrogen-bond acceptors (Lipinski definition) is 5. The normalized spacial score (nSPS) is 34.3. The fourth-order valence-corrected chi connectivity index (χ4v) is 4.32. The highest BCUT2D eigenvalue weighted by Crippen LogP contribution is 2.47. The Hall–Kier alpha value is -1.93. The summed E-state index contributed by atoms with van der Waals surface area (Å²) in [5.41, 5.74) is 6.36. The fraction of sp³-hybridized carbons (Fsp3) is 0.688. The summed E-state index contributed by atoms with van der Waals surface area (Å²) in [4.78, 5) is 27.4. The van der Waals surface area contributed by atoms with Crippen molar-refractivity contribution in [3.05, 3.63) is 11.3 Å². The predicted molar refractivity (Wildman–Crippen MR) is 86.1 cm³/mol. The van der Waals surface area contributed by atoms with Crippen LogP contribution in [0.3, 0.4) is 0 Å². The second-order valence-electron chi connectivity index (χ2n) is 7.11. The van der Waals surface area contributed by atoms with Gasteiger partial charge in [0.25, 0.3) is 0 Å². The fourth-order valence-electron chi connectivity index (χ4n) is 4.32. The molecule has 0 aromatic carbocycles. The molecule has 5 atom stereocenters. The van der Waals surface area contributed by atoms with Crippen molar-refractivity contribution in [2.24, 2.45) is 23.5 Å². The van der Waals surface area contributed by atoms with E-state index in [0.717, 1.165) is 18.5 Å². The lowest BCUT2D eigenvalue weighted by atomic mass is 9.77. The van der Waals surface area contributed by atoms with Crippen LogP contribution in [0, 0.1) is 23.2 Å². The van der Waals surface area contributed by atoms with Gasteiger partial charge in [-0.2, -0.15) is 0 Å². The molecule has 0 aromatic rings. The first kappa shape index (κ1) is 16.9. The Kier molecular flexibility index (Phi) is 4.13. The number of rotatable bonds is 5. The van der Waals surface area contributed by atoms with Crippen molar-refractivity contribution in [3.8, 4) is 0 Å². The van der Waals surface area contributed by atoms with Gasteiger partial charge in [-0.1, -0.05) is 6.92 Å². The minimum absolute atomic E-state index is 0.0134. The Morgan fingerprint density at radius 2 is 2.17 bits per heavy atom. The Balaban J connectivity index is 1.83. The van der Waals surface area contributed by atoms with E-state index >= 15 is 0 Å². The number of carbonyl (C=O) groups is 2. The number of nitrogens with two attached hydrogens (primary N) is 1. The smallest absolute Gasteiger partial charge is 0.352 e. The molecule has 24 heavy (non-hydrogen) atoms. The van der Waals surface area contributed by atoms with E-state index in [1.54, 1.807) is 6.92 Å². The highest BCUT2D eigenvalue weighted by molar-refractivity contribution is 6.00. The molecule has 5 N–H and O–H groups in total. The minimum Gasteiger partial charge on any atom is -0.477 e. The molecule has 4 unspecified atom stereocenters. The second-order valence-corrected chi connectivity index (χ2v) is 7.11. The molecular weight excluding hydrogens is 312 g/mol. The van der Waals surface area contributed by atoms with Gasteiger partial charge in [0, 0.05) is 24.9 Å². The number of aliphatic hydroxyl groups excluding tert-OH is 1. The lowest BCUT2D eigenvalue weighted by Gasteiger charge is -2.46. The van der Waals surface area contributed by atoms with Crippen LogP contribution in [0.2, 0.25) is 0 Å². The maximum Gasteiger partial charge on any atom is 0.352 e. The van der Waals surface area contributed by atoms with Crippen LogP contribution in [0.4, 0.5) is 0 Å². The number of amides is 1. The predicted octanol–water partition coefficient (Wildman–Crippen LogP) is -0.560. The van der Waals surface area contributed by atoms with Gasteiger partial charge in [0.15, 0.2) is 0 Å². The summed E-state index contributed by atoms with van der Waals surface area (Å²) >= 11 is 0. The molecule has 8 nitrogen and oxygen atoms in total. The average molecular weight is 336 g/mol. The number of aliphatic carboxylic acids is 1. The van der Waals surface area contributed by atoms with Crippen LogP contribution in [0.5, 0.6) is 0 Å². The first-order valence-electron chi connectivity index (χ1n) is 8.27. The third-order valence-electron chi connectivity index (χ3n) is 5.62. The summed E-state index contributed by atoms with van der Waals surface area (Å²) in [6, 6.07) is -0.273. The second kappa shape index (κ2) is 5.86. The zero-order valence-corrected chi connectivity index (χ0v) is 13.9. The van der Waals surface area contributed by atoms with E-state index in [0.29, 0.717) is 13.1 Å². The van der Waals surface area contributed by atoms with Crippen LogP contribution < -0.4 is 5.73 Å². The van der Waals surface area contributed by atoms with Crippen molar-refractivity contribution in [2.45, 2.75) is 32.4 Å². The van der Waals surface area contributed by atoms with Crippen LogP contribution in [0.25, 0.3) is 0 Å². The van der Waals surface area contributed by atoms with Gasteiger partial charge in [-0.05, 0) is 25.5 Å². The summed E-state index contributed by atoms with van der Waals surface area (Å²) in [5, 5.41) is 27.0. The maximum absolute atomic E-state index is 12.3. The monoisotopic (exact) mass is 336 g/mol. The zero-order chi connectivity index (χ0) is 17.8. The number of nitrogens with zero attached hydrogens (tertiary/aromatic N) is 2. The third-order valence-corrected chi connectivity index (χ3v) is 5.62. The van der Waals surface area contributed by atoms with E-state index in [4.69, 9.17) is 11.1 Å². The van der Waals surface area contributed by atoms with E-state index in [2.05, 4.69) is 4.90 Å². The highest BCUT2D eigenvalue weighted by atomic mass is 16.4. The molecule has 8 heteroatoms. The number of carboxylic acid groups (broad SMARTS) is 1. The van der Waals surface area contributed by atoms with Crippen LogP contribution >= 0.6 is 0 Å². The number of β-lactam (4-membered cyclic amide) rings is 1. The molecule has 132 valence electrons. The highest BCUT2D eigenvalue weighted by Gasteiger charge is 2.59. The van der Waals surface area contributed by atoms with Crippen LogP contribution in [-0.2, 0) is 9.59 Å². The van der Waals surface area contributed by atoms with Crippen molar-refractivity contribution in [3.63, 3.8) is 0 Å². The van der Waals surface area contributed by atoms with Crippen LogP contribution in [0.1, 0.15) is 20.3 Å². The SMILES string of the molecule is CC(O)C1C(=O)N2C(C(=O)O)=C(CN3CC[C@H](C(=N)N)C3)C(C)C12. The van der Waals surface area contributed by atoms with E-state index in [-0.39, 0.29) is 35.3 Å². The summed E-state index contributed by atoms with van der Waals surface area (Å²) in [6.45, 7) is 5.34.